The van der Waals surface area contributed by atoms with E-state index in [1.54, 1.807) is 0 Å². The van der Waals surface area contributed by atoms with Crippen molar-refractivity contribution < 1.29 is 13.2 Å². The molecule has 0 aliphatic carbocycles. The van der Waals surface area contributed by atoms with Crippen molar-refractivity contribution in [3.63, 3.8) is 0 Å². The first kappa shape index (κ1) is 19.1. The molecule has 1 aliphatic rings. The minimum Gasteiger partial charge on any atom is -0.379 e. The lowest BCUT2D eigenvalue weighted by atomic mass is 10.1. The Morgan fingerprint density at radius 3 is 2.50 bits per heavy atom. The van der Waals surface area contributed by atoms with Gasteiger partial charge in [0.15, 0.2) is 0 Å². The van der Waals surface area contributed by atoms with Gasteiger partial charge in [0.25, 0.3) is 0 Å². The molecule has 1 saturated heterocycles. The fraction of sp³-hybridized carbons (Fsp3) is 0.474. The number of nitrogens with one attached hydrogen (secondary N) is 1. The first-order chi connectivity index (χ1) is 12.6. The van der Waals surface area contributed by atoms with Crippen LogP contribution >= 0.6 is 0 Å². The van der Waals surface area contributed by atoms with Crippen molar-refractivity contribution in [3.8, 4) is 0 Å². The van der Waals surface area contributed by atoms with E-state index in [0.29, 0.717) is 26.2 Å². The zero-order valence-corrected chi connectivity index (χ0v) is 16.0. The predicted molar refractivity (Wildman–Crippen MR) is 102 cm³/mol. The largest absolute Gasteiger partial charge is 0.379 e. The van der Waals surface area contributed by atoms with Crippen LogP contribution in [0.1, 0.15) is 17.3 Å². The molecule has 142 valence electrons. The highest BCUT2D eigenvalue weighted by molar-refractivity contribution is 7.89. The Bertz CT molecular complexity index is 783. The number of rotatable bonds is 8. The highest BCUT2D eigenvalue weighted by Crippen LogP contribution is 2.21. The Labute approximate surface area is 155 Å². The van der Waals surface area contributed by atoms with E-state index in [9.17, 15) is 8.42 Å². The monoisotopic (exact) mass is 377 g/mol. The van der Waals surface area contributed by atoms with Crippen molar-refractivity contribution >= 4 is 10.0 Å². The normalized spacial score (nSPS) is 17.3. The van der Waals surface area contributed by atoms with Gasteiger partial charge >= 0.3 is 0 Å². The van der Waals surface area contributed by atoms with Gasteiger partial charge in [-0.2, -0.15) is 0 Å². The number of morpholine rings is 1. The lowest BCUT2D eigenvalue weighted by Crippen LogP contribution is -2.44. The Morgan fingerprint density at radius 2 is 1.85 bits per heavy atom. The van der Waals surface area contributed by atoms with Gasteiger partial charge in [-0.05, 0) is 24.1 Å². The molecule has 1 aromatic carbocycles. The molecule has 2 heterocycles. The molecule has 0 spiro atoms. The van der Waals surface area contributed by atoms with E-state index in [4.69, 9.17) is 4.74 Å². The predicted octanol–water partition coefficient (Wildman–Crippen LogP) is 1.56. The van der Waals surface area contributed by atoms with Crippen molar-refractivity contribution in [2.45, 2.75) is 12.5 Å². The average Bonchev–Trinajstić information content (AvgIpc) is 3.08. The molecule has 1 aliphatic heterocycles. The maximum Gasteiger partial charge on any atom is 0.211 e. The summed E-state index contributed by atoms with van der Waals surface area (Å²) < 4.78 is 35.3. The summed E-state index contributed by atoms with van der Waals surface area (Å²) in [5, 5.41) is 0. The van der Waals surface area contributed by atoms with Crippen LogP contribution < -0.4 is 4.72 Å². The Hall–Kier alpha value is -1.67. The number of hydrogen-bond donors (Lipinski definition) is 1. The molecule has 3 rings (SSSR count). The number of ether oxygens (including phenoxy) is 1. The number of benzene rings is 1. The number of nitrogens with zero attached hydrogens (tertiary/aromatic N) is 2. The topological polar surface area (TPSA) is 63.6 Å². The van der Waals surface area contributed by atoms with Crippen molar-refractivity contribution in [3.05, 3.63) is 59.9 Å². The molecular formula is C19H27N3O3S. The van der Waals surface area contributed by atoms with Gasteiger partial charge in [0, 0.05) is 38.6 Å². The van der Waals surface area contributed by atoms with Crippen LogP contribution in [-0.2, 0) is 28.2 Å². The number of sulfonamides is 1. The van der Waals surface area contributed by atoms with E-state index in [0.717, 1.165) is 24.3 Å². The van der Waals surface area contributed by atoms with Crippen molar-refractivity contribution in [1.82, 2.24) is 14.2 Å². The maximum absolute atomic E-state index is 12.5. The molecule has 2 aromatic rings. The van der Waals surface area contributed by atoms with Crippen LogP contribution in [0.5, 0.6) is 0 Å². The van der Waals surface area contributed by atoms with Crippen LogP contribution in [0.15, 0.2) is 48.7 Å². The molecule has 0 unspecified atom stereocenters. The number of aryl methyl sites for hydroxylation is 2. The first-order valence-corrected chi connectivity index (χ1v) is 10.6. The zero-order valence-electron chi connectivity index (χ0n) is 15.2. The number of hydrogen-bond acceptors (Lipinski definition) is 4. The van der Waals surface area contributed by atoms with Crippen LogP contribution in [0, 0.1) is 0 Å². The van der Waals surface area contributed by atoms with Gasteiger partial charge in [0.05, 0.1) is 25.0 Å². The summed E-state index contributed by atoms with van der Waals surface area (Å²) in [7, 11) is -1.34. The van der Waals surface area contributed by atoms with E-state index in [-0.39, 0.29) is 11.8 Å². The third-order valence-corrected chi connectivity index (χ3v) is 6.16. The van der Waals surface area contributed by atoms with Gasteiger partial charge in [0.1, 0.15) is 0 Å². The molecular weight excluding hydrogens is 350 g/mol. The SMILES string of the molecule is Cn1cccc1[C@@H](CNS(=O)(=O)CCc1ccccc1)N1CCOCC1. The molecule has 0 saturated carbocycles. The molecule has 26 heavy (non-hydrogen) atoms. The quantitative estimate of drug-likeness (QED) is 0.758. The van der Waals surface area contributed by atoms with Crippen molar-refractivity contribution in [1.29, 1.82) is 0 Å². The fourth-order valence-electron chi connectivity index (χ4n) is 3.31. The second-order valence-electron chi connectivity index (χ2n) is 6.61. The van der Waals surface area contributed by atoms with Gasteiger partial charge in [-0.15, -0.1) is 0 Å². The van der Waals surface area contributed by atoms with Crippen LogP contribution in [-0.4, -0.2) is 56.5 Å². The summed E-state index contributed by atoms with van der Waals surface area (Å²) in [6, 6.07) is 13.8. The zero-order chi connectivity index (χ0) is 18.4. The van der Waals surface area contributed by atoms with E-state index < -0.39 is 10.0 Å². The van der Waals surface area contributed by atoms with E-state index in [1.165, 1.54) is 0 Å². The second kappa shape index (κ2) is 8.81. The first-order valence-electron chi connectivity index (χ1n) is 8.99. The third-order valence-electron chi connectivity index (χ3n) is 4.81. The lowest BCUT2D eigenvalue weighted by Gasteiger charge is -2.34. The van der Waals surface area contributed by atoms with Gasteiger partial charge in [-0.1, -0.05) is 30.3 Å². The van der Waals surface area contributed by atoms with Crippen LogP contribution in [0.2, 0.25) is 0 Å². The van der Waals surface area contributed by atoms with Gasteiger partial charge < -0.3 is 9.30 Å². The summed E-state index contributed by atoms with van der Waals surface area (Å²) in [6.45, 7) is 3.35. The van der Waals surface area contributed by atoms with Crippen LogP contribution in [0.3, 0.4) is 0 Å². The Balaban J connectivity index is 1.63. The summed E-state index contributed by atoms with van der Waals surface area (Å²) in [6.07, 6.45) is 2.51. The van der Waals surface area contributed by atoms with Gasteiger partial charge in [-0.25, -0.2) is 13.1 Å². The molecule has 7 heteroatoms. The van der Waals surface area contributed by atoms with E-state index >= 15 is 0 Å². The fourth-order valence-corrected chi connectivity index (χ4v) is 4.37. The summed E-state index contributed by atoms with van der Waals surface area (Å²) in [5.74, 6) is 0.0972. The molecule has 1 aromatic heterocycles. The molecule has 1 atom stereocenters. The summed E-state index contributed by atoms with van der Waals surface area (Å²) in [5.41, 5.74) is 2.14. The van der Waals surface area contributed by atoms with Gasteiger partial charge in [-0.3, -0.25) is 4.90 Å². The van der Waals surface area contributed by atoms with Gasteiger partial charge in [0.2, 0.25) is 10.0 Å². The lowest BCUT2D eigenvalue weighted by molar-refractivity contribution is 0.0158. The van der Waals surface area contributed by atoms with Crippen LogP contribution in [0.4, 0.5) is 0 Å². The highest BCUT2D eigenvalue weighted by atomic mass is 32.2. The maximum atomic E-state index is 12.5. The molecule has 1 fully saturated rings. The molecule has 0 amide bonds. The van der Waals surface area contributed by atoms with Crippen LogP contribution in [0.25, 0.3) is 0 Å². The molecule has 0 radical (unpaired) electrons. The Kier molecular flexibility index (Phi) is 6.48. The standard InChI is InChI=1S/C19H27N3O3S/c1-21-10-5-8-18(21)19(22-11-13-25-14-12-22)16-20-26(23,24)15-9-17-6-3-2-4-7-17/h2-8,10,19-20H,9,11-16H2,1H3/t19-/m1/s1. The second-order valence-corrected chi connectivity index (χ2v) is 8.54. The molecule has 1 N–H and O–H groups in total. The third kappa shape index (κ3) is 5.17. The number of aromatic nitrogens is 1. The smallest absolute Gasteiger partial charge is 0.211 e. The molecule has 6 nitrogen and oxygen atoms in total. The summed E-state index contributed by atoms with van der Waals surface area (Å²) >= 11 is 0. The minimum absolute atomic E-state index is 0.00500. The summed E-state index contributed by atoms with van der Waals surface area (Å²) in [4.78, 5) is 2.29. The highest BCUT2D eigenvalue weighted by Gasteiger charge is 2.25. The minimum atomic E-state index is -3.33. The van der Waals surface area contributed by atoms with Crippen molar-refractivity contribution in [2.24, 2.45) is 7.05 Å². The van der Waals surface area contributed by atoms with E-state index in [1.807, 2.05) is 49.6 Å². The average molecular weight is 378 g/mol. The van der Waals surface area contributed by atoms with Crippen molar-refractivity contribution in [2.75, 3.05) is 38.6 Å². The Morgan fingerprint density at radius 1 is 1.12 bits per heavy atom. The van der Waals surface area contributed by atoms with E-state index in [2.05, 4.69) is 20.3 Å². The molecule has 0 bridgehead atoms.